The minimum atomic E-state index is -0.384. The molecule has 0 amide bonds. The summed E-state index contributed by atoms with van der Waals surface area (Å²) in [6.45, 7) is 7.23. The van der Waals surface area contributed by atoms with Gasteiger partial charge in [0.25, 0.3) is 0 Å². The molecule has 5 aromatic carbocycles. The zero-order chi connectivity index (χ0) is 31.7. The molecule has 0 aromatic heterocycles. The third kappa shape index (κ3) is 2.87. The standard InChI is InChI=1S/C42H37N5/c1-5-32-38(43-4)47-33-22-12-9-19-29(33)41(3,27(2)39(47)44(32)28-17-7-6-8-18-28)42-30-20-10-13-23-34(30)45-36-25-15-16-26-37(36)46(40(42)45)35-24-14-11-21-31(35)42/h5-27,39-40H,1-4H3/b32-5+,43-38+. The van der Waals surface area contributed by atoms with Gasteiger partial charge in [-0.2, -0.15) is 0 Å². The molecule has 5 aliphatic heterocycles. The fourth-order valence-electron chi connectivity index (χ4n) is 10.4. The van der Waals surface area contributed by atoms with Crippen molar-refractivity contribution in [1.29, 1.82) is 0 Å². The van der Waals surface area contributed by atoms with Gasteiger partial charge in [0.2, 0.25) is 0 Å². The van der Waals surface area contributed by atoms with E-state index in [-0.39, 0.29) is 29.1 Å². The highest BCUT2D eigenvalue weighted by Crippen LogP contribution is 2.74. The van der Waals surface area contributed by atoms with Crippen LogP contribution in [-0.4, -0.2) is 25.2 Å². The summed E-state index contributed by atoms with van der Waals surface area (Å²) in [5, 5.41) is 0. The normalized spacial score (nSPS) is 29.1. The van der Waals surface area contributed by atoms with Gasteiger partial charge >= 0.3 is 0 Å². The minimum absolute atomic E-state index is 0.0165. The van der Waals surface area contributed by atoms with Crippen LogP contribution in [0, 0.1) is 5.92 Å². The lowest BCUT2D eigenvalue weighted by Crippen LogP contribution is -2.66. The summed E-state index contributed by atoms with van der Waals surface area (Å²) in [5.74, 6) is 1.19. The van der Waals surface area contributed by atoms with Crippen LogP contribution in [0.1, 0.15) is 37.5 Å². The highest BCUT2D eigenvalue weighted by molar-refractivity contribution is 6.17. The zero-order valence-corrected chi connectivity index (χ0v) is 27.2. The average molecular weight is 612 g/mol. The summed E-state index contributed by atoms with van der Waals surface area (Å²) in [6, 6.07) is 47.5. The van der Waals surface area contributed by atoms with Gasteiger partial charge in [0.1, 0.15) is 12.3 Å². The predicted octanol–water partition coefficient (Wildman–Crippen LogP) is 9.11. The summed E-state index contributed by atoms with van der Waals surface area (Å²) in [6.07, 6.45) is 2.32. The highest BCUT2D eigenvalue weighted by Gasteiger charge is 2.74. The van der Waals surface area contributed by atoms with Crippen LogP contribution in [0.15, 0.2) is 144 Å². The molecule has 0 radical (unpaired) electrons. The first-order valence-electron chi connectivity index (χ1n) is 16.8. The van der Waals surface area contributed by atoms with Crippen LogP contribution in [-0.2, 0) is 10.8 Å². The molecule has 0 N–H and O–H groups in total. The van der Waals surface area contributed by atoms with E-state index in [1.165, 1.54) is 50.8 Å². The van der Waals surface area contributed by atoms with Gasteiger partial charge in [-0.25, -0.2) is 0 Å². The van der Waals surface area contributed by atoms with Crippen molar-refractivity contribution in [3.05, 3.63) is 156 Å². The largest absolute Gasteiger partial charge is 0.317 e. The van der Waals surface area contributed by atoms with Gasteiger partial charge in [-0.3, -0.25) is 4.99 Å². The van der Waals surface area contributed by atoms with Crippen LogP contribution < -0.4 is 19.6 Å². The second kappa shape index (κ2) is 9.16. The predicted molar refractivity (Wildman–Crippen MR) is 193 cm³/mol. The van der Waals surface area contributed by atoms with E-state index in [0.717, 1.165) is 11.5 Å². The van der Waals surface area contributed by atoms with Crippen LogP contribution in [0.3, 0.4) is 0 Å². The molecule has 0 aliphatic carbocycles. The molecule has 47 heavy (non-hydrogen) atoms. The SMILES string of the molecule is C/C=C1\C(=N/C)N2c3ccccc3C(C)(C34c5ccccc5N5c6ccccc6N(c6ccccc63)C54)C(C)C2N1c1ccccc1. The maximum atomic E-state index is 4.99. The molecule has 1 saturated heterocycles. The van der Waals surface area contributed by atoms with E-state index in [1.807, 2.05) is 7.05 Å². The molecular formula is C42H37N5. The molecule has 0 spiro atoms. The summed E-state index contributed by atoms with van der Waals surface area (Å²) in [5.41, 5.74) is 12.2. The third-order valence-corrected chi connectivity index (χ3v) is 12.1. The average Bonchev–Trinajstić information content (AvgIpc) is 3.83. The van der Waals surface area contributed by atoms with E-state index in [0.29, 0.717) is 0 Å². The van der Waals surface area contributed by atoms with E-state index in [2.05, 4.69) is 174 Å². The Morgan fingerprint density at radius 3 is 1.57 bits per heavy atom. The van der Waals surface area contributed by atoms with Crippen molar-refractivity contribution in [3.8, 4) is 0 Å². The number of amidine groups is 1. The van der Waals surface area contributed by atoms with Crippen molar-refractivity contribution >= 4 is 40.0 Å². The minimum Gasteiger partial charge on any atom is -0.317 e. The van der Waals surface area contributed by atoms with Gasteiger partial charge < -0.3 is 19.6 Å². The summed E-state index contributed by atoms with van der Waals surface area (Å²) in [7, 11) is 1.94. The quantitative estimate of drug-likeness (QED) is 0.199. The van der Waals surface area contributed by atoms with Crippen molar-refractivity contribution in [3.63, 3.8) is 0 Å². The number of para-hydroxylation sites is 6. The topological polar surface area (TPSA) is 25.3 Å². The first-order chi connectivity index (χ1) is 23.1. The Labute approximate surface area is 276 Å². The summed E-state index contributed by atoms with van der Waals surface area (Å²) in [4.78, 5) is 15.4. The molecule has 0 saturated carbocycles. The van der Waals surface area contributed by atoms with Gasteiger partial charge in [0.05, 0.1) is 22.5 Å². The van der Waals surface area contributed by atoms with Gasteiger partial charge in [-0.1, -0.05) is 105 Å². The van der Waals surface area contributed by atoms with Crippen molar-refractivity contribution in [2.75, 3.05) is 26.6 Å². The number of rotatable bonds is 2. The van der Waals surface area contributed by atoms with Crippen LogP contribution in [0.5, 0.6) is 0 Å². The number of hydrogen-bond acceptors (Lipinski definition) is 4. The maximum Gasteiger partial charge on any atom is 0.153 e. The number of aliphatic imine (C=N–C) groups is 1. The van der Waals surface area contributed by atoms with E-state index < -0.39 is 0 Å². The molecule has 5 aromatic rings. The van der Waals surface area contributed by atoms with Gasteiger partial charge in [-0.15, -0.1) is 0 Å². The van der Waals surface area contributed by atoms with E-state index >= 15 is 0 Å². The first-order valence-corrected chi connectivity index (χ1v) is 16.8. The second-order valence-electron chi connectivity index (χ2n) is 13.7. The van der Waals surface area contributed by atoms with Crippen molar-refractivity contribution in [2.24, 2.45) is 10.9 Å². The monoisotopic (exact) mass is 611 g/mol. The van der Waals surface area contributed by atoms with Crippen molar-refractivity contribution in [1.82, 2.24) is 0 Å². The van der Waals surface area contributed by atoms with Crippen LogP contribution in [0.2, 0.25) is 0 Å². The number of hydrogen-bond donors (Lipinski definition) is 0. The molecule has 10 rings (SSSR count). The Hall–Kier alpha value is -5.29. The first kappa shape index (κ1) is 26.9. The zero-order valence-electron chi connectivity index (χ0n) is 27.2. The summed E-state index contributed by atoms with van der Waals surface area (Å²) < 4.78 is 0. The van der Waals surface area contributed by atoms with Gasteiger partial charge in [0, 0.05) is 41.1 Å². The second-order valence-corrected chi connectivity index (χ2v) is 13.7. The van der Waals surface area contributed by atoms with Crippen molar-refractivity contribution < 1.29 is 0 Å². The van der Waals surface area contributed by atoms with Crippen LogP contribution in [0.25, 0.3) is 0 Å². The number of benzene rings is 5. The number of fused-ring (bicyclic) bond motifs is 12. The smallest absolute Gasteiger partial charge is 0.153 e. The highest BCUT2D eigenvalue weighted by atomic mass is 15.5. The molecule has 3 atom stereocenters. The van der Waals surface area contributed by atoms with Crippen molar-refractivity contribution in [2.45, 2.75) is 43.9 Å². The molecule has 5 heteroatoms. The van der Waals surface area contributed by atoms with Gasteiger partial charge in [-0.05, 0) is 66.1 Å². The number of nitrogens with zero attached hydrogens (tertiary/aromatic N) is 5. The lowest BCUT2D eigenvalue weighted by atomic mass is 9.49. The number of allylic oxidation sites excluding steroid dienone is 1. The number of anilines is 6. The van der Waals surface area contributed by atoms with E-state index in [4.69, 9.17) is 4.99 Å². The van der Waals surface area contributed by atoms with E-state index in [9.17, 15) is 0 Å². The van der Waals surface area contributed by atoms with E-state index in [1.54, 1.807) is 0 Å². The Morgan fingerprint density at radius 1 is 0.574 bits per heavy atom. The molecule has 5 nitrogen and oxygen atoms in total. The van der Waals surface area contributed by atoms with Gasteiger partial charge in [0.15, 0.2) is 5.84 Å². The third-order valence-electron chi connectivity index (χ3n) is 12.1. The Kier molecular flexibility index (Phi) is 5.24. The van der Waals surface area contributed by atoms with Crippen LogP contribution >= 0.6 is 0 Å². The fourth-order valence-corrected chi connectivity index (χ4v) is 10.4. The van der Waals surface area contributed by atoms with Crippen LogP contribution in [0.4, 0.5) is 34.1 Å². The fraction of sp³-hybridized carbons (Fsp3) is 0.214. The Morgan fingerprint density at radius 2 is 1.04 bits per heavy atom. The lowest BCUT2D eigenvalue weighted by molar-refractivity contribution is 0.154. The molecule has 5 heterocycles. The molecular weight excluding hydrogens is 574 g/mol. The lowest BCUT2D eigenvalue weighted by Gasteiger charge is -2.58. The Bertz CT molecular complexity index is 2090. The molecule has 3 unspecified atom stereocenters. The Balaban J connectivity index is 1.33. The maximum absolute atomic E-state index is 4.99. The molecule has 230 valence electrons. The molecule has 0 bridgehead atoms. The molecule has 5 aliphatic rings. The molecule has 1 fully saturated rings. The summed E-state index contributed by atoms with van der Waals surface area (Å²) >= 11 is 0.